The fraction of sp³-hybridized carbons (Fsp3) is 0.364. The highest BCUT2D eigenvalue weighted by molar-refractivity contribution is 7.20. The first-order valence-corrected chi connectivity index (χ1v) is 15.6. The Balaban J connectivity index is 1.49. The van der Waals surface area contributed by atoms with Gasteiger partial charge in [0.15, 0.2) is 0 Å². The first-order valence-electron chi connectivity index (χ1n) is 14.4. The molecule has 3 heterocycles. The Kier molecular flexibility index (Phi) is 9.97. The minimum atomic E-state index is -1.12. The average Bonchev–Trinajstić information content (AvgIpc) is 3.34. The number of carboxylic acids is 1. The van der Waals surface area contributed by atoms with Crippen molar-refractivity contribution in [3.05, 3.63) is 75.4 Å². The number of aliphatic carboxylic acids is 1. The third kappa shape index (κ3) is 7.36. The van der Waals surface area contributed by atoms with Gasteiger partial charge in [-0.3, -0.25) is 4.90 Å². The van der Waals surface area contributed by atoms with E-state index in [1.54, 1.807) is 0 Å². The zero-order valence-electron chi connectivity index (χ0n) is 25.0. The Bertz CT molecular complexity index is 1610. The van der Waals surface area contributed by atoms with Gasteiger partial charge in [0.25, 0.3) is 0 Å². The van der Waals surface area contributed by atoms with E-state index in [1.807, 2.05) is 63.2 Å². The highest BCUT2D eigenvalue weighted by atomic mass is 35.5. The van der Waals surface area contributed by atoms with Gasteiger partial charge in [-0.15, -0.1) is 11.3 Å². The van der Waals surface area contributed by atoms with Gasteiger partial charge in [0, 0.05) is 49.6 Å². The van der Waals surface area contributed by atoms with Crippen molar-refractivity contribution in [2.75, 3.05) is 46.4 Å². The zero-order chi connectivity index (χ0) is 30.5. The van der Waals surface area contributed by atoms with Crippen molar-refractivity contribution in [3.8, 4) is 22.8 Å². The van der Waals surface area contributed by atoms with E-state index in [0.717, 1.165) is 65.4 Å². The summed E-state index contributed by atoms with van der Waals surface area (Å²) in [6.45, 7) is 11.6. The van der Waals surface area contributed by atoms with Gasteiger partial charge in [-0.2, -0.15) is 0 Å². The molecule has 4 aromatic rings. The van der Waals surface area contributed by atoms with Crippen LogP contribution in [0.5, 0.6) is 11.6 Å². The molecular formula is C33H37ClN4O4S. The molecular weight excluding hydrogens is 584 g/mol. The molecule has 1 aliphatic rings. The Morgan fingerprint density at radius 2 is 1.86 bits per heavy atom. The molecule has 0 aliphatic carbocycles. The third-order valence-electron chi connectivity index (χ3n) is 7.58. The van der Waals surface area contributed by atoms with Gasteiger partial charge < -0.3 is 19.5 Å². The summed E-state index contributed by atoms with van der Waals surface area (Å²) in [5.74, 6) is -0.188. The molecule has 2 aromatic carbocycles. The molecule has 1 aliphatic heterocycles. The summed E-state index contributed by atoms with van der Waals surface area (Å²) in [5.41, 5.74) is 4.59. The fourth-order valence-electron chi connectivity index (χ4n) is 5.19. The van der Waals surface area contributed by atoms with E-state index in [2.05, 4.69) is 32.9 Å². The molecule has 43 heavy (non-hydrogen) atoms. The summed E-state index contributed by atoms with van der Waals surface area (Å²) < 4.78 is 12.3. The van der Waals surface area contributed by atoms with Crippen molar-refractivity contribution in [1.29, 1.82) is 0 Å². The Morgan fingerprint density at radius 1 is 1.12 bits per heavy atom. The normalized spacial score (nSPS) is 14.9. The maximum Gasteiger partial charge on any atom is 0.345 e. The topological polar surface area (TPSA) is 88.0 Å². The molecule has 5 rings (SSSR count). The van der Waals surface area contributed by atoms with Gasteiger partial charge in [-0.05, 0) is 56.7 Å². The zero-order valence-corrected chi connectivity index (χ0v) is 26.5. The average molecular weight is 621 g/mol. The number of likely N-dealkylation sites (N-methyl/N-ethyl adjacent to an activating group) is 1. The summed E-state index contributed by atoms with van der Waals surface area (Å²) in [5, 5.41) is 11.3. The van der Waals surface area contributed by atoms with Crippen LogP contribution in [0.25, 0.3) is 27.4 Å². The van der Waals surface area contributed by atoms with Crippen LogP contribution in [-0.4, -0.2) is 83.3 Å². The minimum Gasteiger partial charge on any atom is -0.491 e. The fourth-order valence-corrected chi connectivity index (χ4v) is 6.61. The van der Waals surface area contributed by atoms with Crippen molar-refractivity contribution >= 4 is 45.2 Å². The van der Waals surface area contributed by atoms with Gasteiger partial charge in [0.2, 0.25) is 12.0 Å². The van der Waals surface area contributed by atoms with Crippen LogP contribution in [0.2, 0.25) is 5.02 Å². The second kappa shape index (κ2) is 13.9. The van der Waals surface area contributed by atoms with Crippen LogP contribution >= 0.6 is 22.9 Å². The lowest BCUT2D eigenvalue weighted by molar-refractivity contribution is -0.145. The Hall–Kier alpha value is -3.50. The smallest absolute Gasteiger partial charge is 0.345 e. The van der Waals surface area contributed by atoms with Crippen molar-refractivity contribution in [2.24, 2.45) is 0 Å². The summed E-state index contributed by atoms with van der Waals surface area (Å²) in [6.07, 6.45) is 2.59. The van der Waals surface area contributed by atoms with Crippen LogP contribution in [0.15, 0.2) is 54.4 Å². The first kappa shape index (κ1) is 30.9. The number of aromatic nitrogens is 2. The first-order chi connectivity index (χ1) is 20.7. The standard InChI is InChI=1S/C33H37ClN4O4S/c1-21(2)18-27-28(24-10-11-25(30(34)22(24)3)41-17-16-38-14-12-37(4)13-15-38)29-31(35-20-36-32(29)43-27)42-26(33(39)40)19-23-8-6-5-7-9-23/h5-11,18,20,26H,12-17,19H2,1-4H3,(H,39,40)/t26-/m1/s1. The van der Waals surface area contributed by atoms with Crippen molar-refractivity contribution in [3.63, 3.8) is 0 Å². The van der Waals surface area contributed by atoms with Crippen LogP contribution in [0, 0.1) is 6.92 Å². The third-order valence-corrected chi connectivity index (χ3v) is 9.09. The molecule has 1 N–H and O–H groups in total. The second-order valence-corrected chi connectivity index (χ2v) is 12.5. The quantitative estimate of drug-likeness (QED) is 0.205. The van der Waals surface area contributed by atoms with Crippen LogP contribution in [-0.2, 0) is 11.2 Å². The SMILES string of the molecule is CC(C)=Cc1sc2ncnc(O[C@H](Cc3ccccc3)C(=O)O)c2c1-c1ccc(OCCN2CCN(C)CC2)c(Cl)c1C. The number of fused-ring (bicyclic) bond motifs is 1. The highest BCUT2D eigenvalue weighted by Gasteiger charge is 2.26. The number of piperazine rings is 1. The monoisotopic (exact) mass is 620 g/mol. The number of hydrogen-bond acceptors (Lipinski definition) is 8. The van der Waals surface area contributed by atoms with Crippen LogP contribution in [0.4, 0.5) is 0 Å². The molecule has 226 valence electrons. The molecule has 0 radical (unpaired) electrons. The van der Waals surface area contributed by atoms with E-state index >= 15 is 0 Å². The van der Waals surface area contributed by atoms with Gasteiger partial charge in [0.1, 0.15) is 23.5 Å². The van der Waals surface area contributed by atoms with Crippen LogP contribution < -0.4 is 9.47 Å². The number of ether oxygens (including phenoxy) is 2. The van der Waals surface area contributed by atoms with Crippen molar-refractivity contribution in [2.45, 2.75) is 33.3 Å². The largest absolute Gasteiger partial charge is 0.491 e. The number of carbonyl (C=O) groups is 1. The number of allylic oxidation sites excluding steroid dienone is 1. The second-order valence-electron chi connectivity index (χ2n) is 11.1. The molecule has 2 aromatic heterocycles. The summed E-state index contributed by atoms with van der Waals surface area (Å²) in [6, 6.07) is 13.3. The van der Waals surface area contributed by atoms with Gasteiger partial charge in [0.05, 0.1) is 10.4 Å². The molecule has 1 fully saturated rings. The highest BCUT2D eigenvalue weighted by Crippen LogP contribution is 2.46. The number of rotatable bonds is 11. The predicted molar refractivity (Wildman–Crippen MR) is 174 cm³/mol. The maximum atomic E-state index is 12.3. The van der Waals surface area contributed by atoms with Crippen LogP contribution in [0.3, 0.4) is 0 Å². The Labute approximate surface area is 261 Å². The molecule has 0 amide bonds. The molecule has 0 spiro atoms. The molecule has 0 saturated carbocycles. The number of halogens is 1. The van der Waals surface area contributed by atoms with Gasteiger partial charge in [-0.25, -0.2) is 14.8 Å². The van der Waals surface area contributed by atoms with Crippen LogP contribution in [0.1, 0.15) is 29.9 Å². The van der Waals surface area contributed by atoms with Crippen molar-refractivity contribution in [1.82, 2.24) is 19.8 Å². The number of carboxylic acid groups (broad SMARTS) is 1. The lowest BCUT2D eigenvalue weighted by Gasteiger charge is -2.32. The molecule has 1 saturated heterocycles. The molecule has 8 nitrogen and oxygen atoms in total. The predicted octanol–water partition coefficient (Wildman–Crippen LogP) is 6.44. The lowest BCUT2D eigenvalue weighted by Crippen LogP contribution is -2.45. The number of hydrogen-bond donors (Lipinski definition) is 1. The molecule has 0 unspecified atom stereocenters. The molecule has 0 bridgehead atoms. The van der Waals surface area contributed by atoms with E-state index in [9.17, 15) is 9.90 Å². The summed E-state index contributed by atoms with van der Waals surface area (Å²) in [4.78, 5) is 27.7. The number of benzene rings is 2. The van der Waals surface area contributed by atoms with Gasteiger partial charge in [-0.1, -0.05) is 53.6 Å². The number of thiophene rings is 1. The molecule has 10 heteroatoms. The van der Waals surface area contributed by atoms with E-state index in [4.69, 9.17) is 21.1 Å². The van der Waals surface area contributed by atoms with E-state index in [1.165, 1.54) is 17.7 Å². The van der Waals surface area contributed by atoms with E-state index in [-0.39, 0.29) is 12.3 Å². The van der Waals surface area contributed by atoms with Gasteiger partial charge >= 0.3 is 5.97 Å². The van der Waals surface area contributed by atoms with Crippen molar-refractivity contribution < 1.29 is 19.4 Å². The molecule has 1 atom stereocenters. The lowest BCUT2D eigenvalue weighted by atomic mass is 9.97. The summed E-state index contributed by atoms with van der Waals surface area (Å²) >= 11 is 8.43. The van der Waals surface area contributed by atoms with E-state index in [0.29, 0.717) is 27.6 Å². The minimum absolute atomic E-state index is 0.201. The number of nitrogens with zero attached hydrogens (tertiary/aromatic N) is 4. The Morgan fingerprint density at radius 3 is 2.56 bits per heavy atom. The maximum absolute atomic E-state index is 12.3. The summed E-state index contributed by atoms with van der Waals surface area (Å²) in [7, 11) is 2.15. The van der Waals surface area contributed by atoms with E-state index < -0.39 is 12.1 Å².